The first-order valence-corrected chi connectivity index (χ1v) is 12.6. The third kappa shape index (κ3) is 4.23. The molecule has 0 saturated heterocycles. The summed E-state index contributed by atoms with van der Waals surface area (Å²) in [6.07, 6.45) is 0. The Kier molecular flexibility index (Phi) is 7.36. The summed E-state index contributed by atoms with van der Waals surface area (Å²) in [5, 5.41) is 50.5. The molecule has 0 aliphatic heterocycles. The van der Waals surface area contributed by atoms with Gasteiger partial charge in [0.05, 0.1) is 55.6 Å². The highest BCUT2D eigenvalue weighted by Gasteiger charge is 2.41. The number of hydrogen-bond donors (Lipinski definition) is 0. The summed E-state index contributed by atoms with van der Waals surface area (Å²) in [4.78, 5) is 16.4. The van der Waals surface area contributed by atoms with E-state index in [1.54, 1.807) is 18.2 Å². The average molecular weight is 610 g/mol. The van der Waals surface area contributed by atoms with E-state index in [4.69, 9.17) is 26.3 Å². The van der Waals surface area contributed by atoms with Gasteiger partial charge in [0.25, 0.3) is 11.4 Å². The van der Waals surface area contributed by atoms with Gasteiger partial charge in [0.1, 0.15) is 23.8 Å². The fourth-order valence-electron chi connectivity index (χ4n) is 5.51. The lowest BCUT2D eigenvalue weighted by Gasteiger charge is -2.14. The van der Waals surface area contributed by atoms with Crippen LogP contribution < -0.4 is 0 Å². The second-order valence-corrected chi connectivity index (χ2v) is 9.34. The Bertz CT molecular complexity index is 2560. The van der Waals surface area contributed by atoms with Crippen molar-refractivity contribution in [1.82, 2.24) is 4.98 Å². The molecule has 0 saturated carbocycles. The van der Waals surface area contributed by atoms with E-state index < -0.39 is 62.8 Å². The number of nitrogens with zero attached hydrogens (tertiary/aromatic N) is 10. The molecule has 1 heterocycles. The molecule has 0 radical (unpaired) electrons. The van der Waals surface area contributed by atoms with Crippen molar-refractivity contribution in [2.45, 2.75) is 0 Å². The molecule has 0 N–H and O–H groups in total. The number of aromatic nitrogens is 1. The number of fused-ring (bicyclic) bond motifs is 2. The fourth-order valence-corrected chi connectivity index (χ4v) is 5.51. The minimum Gasteiger partial charge on any atom is -0.237 e. The first kappa shape index (κ1) is 30.2. The average Bonchev–Trinajstić information content (AvgIpc) is 3.58. The number of pyridine rings is 1. The molecule has 0 spiro atoms. The predicted octanol–water partition coefficient (Wildman–Crippen LogP) is 7.35. The standard InChI is InChI=1S/C34H5F3N10/c1-43-23-9-21(35)17(8-22(23)36)32-31(25(13-41)44-2)18-7-16-19(10-38)28(15-5-6-27(37)47-24(15)12-40)33(26(14-42)45-3)29(16)20(11-39)30(18)34(32)46-4/h5-9H/b31-25-,33-26-. The van der Waals surface area contributed by atoms with E-state index in [2.05, 4.69) is 24.4 Å². The minimum absolute atomic E-state index is 0.127. The molecule has 0 amide bonds. The smallest absolute Gasteiger partial charge is 0.237 e. The van der Waals surface area contributed by atoms with Gasteiger partial charge < -0.3 is 0 Å². The normalized spacial score (nSPS) is 14.4. The van der Waals surface area contributed by atoms with Crippen LogP contribution in [0.2, 0.25) is 0 Å². The molecule has 1 aromatic heterocycles. The van der Waals surface area contributed by atoms with Crippen molar-refractivity contribution >= 4 is 39.2 Å². The largest absolute Gasteiger partial charge is 0.270 e. The quantitative estimate of drug-likeness (QED) is 0.168. The van der Waals surface area contributed by atoms with E-state index in [0.717, 1.165) is 12.1 Å². The highest BCUT2D eigenvalue weighted by Crippen LogP contribution is 2.57. The summed E-state index contributed by atoms with van der Waals surface area (Å²) >= 11 is 0. The van der Waals surface area contributed by atoms with E-state index in [9.17, 15) is 35.1 Å². The zero-order valence-electron chi connectivity index (χ0n) is 23.0. The molecular weight excluding hydrogens is 605 g/mol. The van der Waals surface area contributed by atoms with E-state index in [0.29, 0.717) is 12.1 Å². The van der Waals surface area contributed by atoms with E-state index in [-0.39, 0.29) is 50.1 Å². The van der Waals surface area contributed by atoms with E-state index in [1.165, 1.54) is 6.07 Å². The van der Waals surface area contributed by atoms with E-state index >= 15 is 4.39 Å². The third-order valence-corrected chi connectivity index (χ3v) is 7.25. The highest BCUT2D eigenvalue weighted by molar-refractivity contribution is 6.30. The van der Waals surface area contributed by atoms with Gasteiger partial charge in [-0.3, -0.25) is 0 Å². The van der Waals surface area contributed by atoms with Crippen LogP contribution >= 0.6 is 0 Å². The Morgan fingerprint density at radius 1 is 0.660 bits per heavy atom. The highest BCUT2D eigenvalue weighted by atomic mass is 19.1. The summed E-state index contributed by atoms with van der Waals surface area (Å²) in [6.45, 7) is 30.4. The van der Waals surface area contributed by atoms with Gasteiger partial charge in [-0.2, -0.15) is 20.2 Å². The minimum atomic E-state index is -1.18. The van der Waals surface area contributed by atoms with E-state index in [1.807, 2.05) is 12.1 Å². The van der Waals surface area contributed by atoms with Crippen LogP contribution in [0.3, 0.4) is 0 Å². The Morgan fingerprint density at radius 2 is 1.34 bits per heavy atom. The van der Waals surface area contributed by atoms with Crippen molar-refractivity contribution in [3.05, 3.63) is 150 Å². The Morgan fingerprint density at radius 3 is 1.89 bits per heavy atom. The molecule has 0 fully saturated rings. The van der Waals surface area contributed by atoms with Gasteiger partial charge in [0.15, 0.2) is 5.69 Å². The molecule has 47 heavy (non-hydrogen) atoms. The Labute approximate surface area is 263 Å². The van der Waals surface area contributed by atoms with Gasteiger partial charge in [-0.15, -0.1) is 0 Å². The maximum absolute atomic E-state index is 15.5. The van der Waals surface area contributed by atoms with Crippen molar-refractivity contribution in [1.29, 1.82) is 26.3 Å². The summed E-state index contributed by atoms with van der Waals surface area (Å²) in [5.74, 6) is -3.40. The molecule has 13 heteroatoms. The number of halogens is 3. The fraction of sp³-hybridized carbons (Fsp3) is 0. The van der Waals surface area contributed by atoms with Crippen molar-refractivity contribution < 1.29 is 13.2 Å². The second-order valence-electron chi connectivity index (χ2n) is 9.34. The zero-order valence-corrected chi connectivity index (χ0v) is 23.0. The van der Waals surface area contributed by atoms with Crippen LogP contribution in [0.15, 0.2) is 41.7 Å². The Balaban J connectivity index is 2.05. The predicted molar refractivity (Wildman–Crippen MR) is 157 cm³/mol. The monoisotopic (exact) mass is 610 g/mol. The lowest BCUT2D eigenvalue weighted by Crippen LogP contribution is -2.01. The van der Waals surface area contributed by atoms with Crippen molar-refractivity contribution in [3.8, 4) is 30.3 Å². The molecule has 0 bridgehead atoms. The summed E-state index contributed by atoms with van der Waals surface area (Å²) < 4.78 is 44.4. The van der Waals surface area contributed by atoms with Crippen molar-refractivity contribution in [2.24, 2.45) is 0 Å². The maximum Gasteiger partial charge on any atom is 0.270 e. The number of allylic oxidation sites excluding steroid dienone is 7. The second kappa shape index (κ2) is 11.4. The van der Waals surface area contributed by atoms with Gasteiger partial charge in [0, 0.05) is 33.4 Å². The molecule has 5 rings (SSSR count). The molecular formula is C34H5F3N10. The third-order valence-electron chi connectivity index (χ3n) is 7.25. The zero-order chi connectivity index (χ0) is 34.2. The van der Waals surface area contributed by atoms with Gasteiger partial charge >= 0.3 is 0 Å². The topological polar surface area (TPSA) is 149 Å². The summed E-state index contributed by atoms with van der Waals surface area (Å²) in [5.41, 5.74) is -6.68. The van der Waals surface area contributed by atoms with Crippen LogP contribution in [0.1, 0.15) is 44.6 Å². The molecule has 3 aromatic rings. The molecule has 10 nitrogen and oxygen atoms in total. The molecule has 212 valence electrons. The molecule has 2 aliphatic carbocycles. The maximum atomic E-state index is 15.5. The lowest BCUT2D eigenvalue weighted by molar-refractivity contribution is 0.582. The first-order valence-electron chi connectivity index (χ1n) is 12.6. The van der Waals surface area contributed by atoms with Gasteiger partial charge in [-0.1, -0.05) is 0 Å². The molecule has 2 aliphatic rings. The summed E-state index contributed by atoms with van der Waals surface area (Å²) in [6, 6.07) is 13.2. The lowest BCUT2D eigenvalue weighted by atomic mass is 9.87. The number of rotatable bonds is 2. The van der Waals surface area contributed by atoms with Crippen LogP contribution in [0.5, 0.6) is 0 Å². The first-order chi connectivity index (χ1) is 22.7. The molecule has 2 aromatic carbocycles. The Hall–Kier alpha value is -8.25. The van der Waals surface area contributed by atoms with Crippen molar-refractivity contribution in [2.75, 3.05) is 0 Å². The van der Waals surface area contributed by atoms with Gasteiger partial charge in [0.2, 0.25) is 17.3 Å². The van der Waals surface area contributed by atoms with Crippen LogP contribution in [0.25, 0.3) is 52.9 Å². The van der Waals surface area contributed by atoms with Crippen LogP contribution in [-0.4, -0.2) is 4.98 Å². The number of nitriles is 5. The number of benzene rings is 2. The SMILES string of the molecule is [C-]#[N+]C1=C(c2cc(F)c([N+]#[C-])cc2F)/C(=C(/C#N)[N+]#[C-])c2cc3c(c(C#N)c21)/C(=C(/C#N)[N+]#[C-])C(c1ccc(F)nc1C#N)=C3C#N. The van der Waals surface area contributed by atoms with Crippen LogP contribution in [-0.2, 0) is 0 Å². The van der Waals surface area contributed by atoms with Gasteiger partial charge in [-0.05, 0) is 52.6 Å². The summed E-state index contributed by atoms with van der Waals surface area (Å²) in [7, 11) is 0. The van der Waals surface area contributed by atoms with Crippen LogP contribution in [0.4, 0.5) is 18.9 Å². The van der Waals surface area contributed by atoms with Gasteiger partial charge in [-0.25, -0.2) is 43.7 Å². The number of hydrogen-bond acceptors (Lipinski definition) is 6. The molecule has 0 unspecified atom stereocenters. The molecule has 0 atom stereocenters. The van der Waals surface area contributed by atoms with Crippen LogP contribution in [0, 0.1) is 101 Å². The van der Waals surface area contributed by atoms with Crippen molar-refractivity contribution in [3.63, 3.8) is 0 Å².